The predicted molar refractivity (Wildman–Crippen MR) is 57.8 cm³/mol. The van der Waals surface area contributed by atoms with Crippen molar-refractivity contribution in [1.29, 1.82) is 0 Å². The zero-order valence-corrected chi connectivity index (χ0v) is 8.77. The number of nitrogens with one attached hydrogen (secondary N) is 1. The monoisotopic (exact) mass is 206 g/mol. The van der Waals surface area contributed by atoms with Gasteiger partial charge in [0.05, 0.1) is 6.17 Å². The van der Waals surface area contributed by atoms with Crippen molar-refractivity contribution in [3.05, 3.63) is 30.2 Å². The molecule has 5 heteroatoms. The summed E-state index contributed by atoms with van der Waals surface area (Å²) in [5.74, 6) is 5.49. The number of rotatable bonds is 3. The molecular formula is C10H14N4O. The highest BCUT2D eigenvalue weighted by Gasteiger charge is 2.12. The van der Waals surface area contributed by atoms with E-state index in [1.807, 2.05) is 37.2 Å². The van der Waals surface area contributed by atoms with E-state index in [0.717, 1.165) is 16.7 Å². The largest absolute Gasteiger partial charge is 0.443 e. The van der Waals surface area contributed by atoms with Crippen molar-refractivity contribution in [3.63, 3.8) is 0 Å². The van der Waals surface area contributed by atoms with Crippen LogP contribution in [0, 0.1) is 0 Å². The lowest BCUT2D eigenvalue weighted by molar-refractivity contribution is 0.253. The summed E-state index contributed by atoms with van der Waals surface area (Å²) in [5.41, 5.74) is 5.41. The van der Waals surface area contributed by atoms with Gasteiger partial charge >= 0.3 is 0 Å². The predicted octanol–water partition coefficient (Wildman–Crippen LogP) is 0.851. The summed E-state index contributed by atoms with van der Waals surface area (Å²) in [7, 11) is 3.91. The standard InChI is InChI=1S/C10H14N4O/c1-14(2)10(13-11)7-3-4-8-9(5-7)15-6-12-8/h3-6,10,13H,11H2,1-2H3. The zero-order chi connectivity index (χ0) is 10.8. The normalized spacial score (nSPS) is 13.6. The Morgan fingerprint density at radius 3 is 2.93 bits per heavy atom. The zero-order valence-electron chi connectivity index (χ0n) is 8.77. The smallest absolute Gasteiger partial charge is 0.181 e. The Kier molecular flexibility index (Phi) is 2.68. The quantitative estimate of drug-likeness (QED) is 0.443. The molecule has 1 unspecified atom stereocenters. The first kappa shape index (κ1) is 10.1. The van der Waals surface area contributed by atoms with E-state index in [4.69, 9.17) is 10.3 Å². The van der Waals surface area contributed by atoms with Gasteiger partial charge in [-0.15, -0.1) is 0 Å². The molecule has 1 atom stereocenters. The van der Waals surface area contributed by atoms with E-state index in [1.165, 1.54) is 6.39 Å². The number of nitrogens with zero attached hydrogens (tertiary/aromatic N) is 2. The second-order valence-corrected chi connectivity index (χ2v) is 3.61. The van der Waals surface area contributed by atoms with Crippen LogP contribution in [0.2, 0.25) is 0 Å². The van der Waals surface area contributed by atoms with E-state index in [2.05, 4.69) is 10.4 Å². The van der Waals surface area contributed by atoms with Gasteiger partial charge in [0, 0.05) is 0 Å². The fourth-order valence-electron chi connectivity index (χ4n) is 1.59. The second-order valence-electron chi connectivity index (χ2n) is 3.61. The van der Waals surface area contributed by atoms with Crippen molar-refractivity contribution in [3.8, 4) is 0 Å². The van der Waals surface area contributed by atoms with Crippen LogP contribution in [-0.2, 0) is 0 Å². The Morgan fingerprint density at radius 2 is 2.27 bits per heavy atom. The van der Waals surface area contributed by atoms with Crippen LogP contribution in [0.4, 0.5) is 0 Å². The summed E-state index contributed by atoms with van der Waals surface area (Å²) in [6.07, 6.45) is 1.41. The molecule has 0 saturated carbocycles. The van der Waals surface area contributed by atoms with Gasteiger partial charge in [-0.1, -0.05) is 6.07 Å². The Labute approximate surface area is 87.8 Å². The average molecular weight is 206 g/mol. The van der Waals surface area contributed by atoms with Gasteiger partial charge in [-0.25, -0.2) is 10.4 Å². The fraction of sp³-hybridized carbons (Fsp3) is 0.300. The molecule has 2 rings (SSSR count). The molecule has 0 bridgehead atoms. The minimum atomic E-state index is -0.0282. The number of hydrazine groups is 1. The number of benzene rings is 1. The van der Waals surface area contributed by atoms with Crippen LogP contribution in [0.3, 0.4) is 0 Å². The van der Waals surface area contributed by atoms with Crippen molar-refractivity contribution in [2.24, 2.45) is 5.84 Å². The van der Waals surface area contributed by atoms with Crippen LogP contribution in [0.25, 0.3) is 11.1 Å². The molecule has 0 radical (unpaired) electrons. The second kappa shape index (κ2) is 3.98. The van der Waals surface area contributed by atoms with Crippen LogP contribution in [-0.4, -0.2) is 24.0 Å². The molecule has 15 heavy (non-hydrogen) atoms. The molecule has 2 aromatic rings. The Bertz CT molecular complexity index is 451. The molecule has 3 N–H and O–H groups in total. The van der Waals surface area contributed by atoms with E-state index in [1.54, 1.807) is 0 Å². The first-order chi connectivity index (χ1) is 7.22. The molecule has 0 aliphatic heterocycles. The summed E-state index contributed by atoms with van der Waals surface area (Å²) in [4.78, 5) is 6.04. The maximum Gasteiger partial charge on any atom is 0.181 e. The van der Waals surface area contributed by atoms with Crippen LogP contribution < -0.4 is 11.3 Å². The fourth-order valence-corrected chi connectivity index (χ4v) is 1.59. The highest BCUT2D eigenvalue weighted by Crippen LogP contribution is 2.20. The Hall–Kier alpha value is -1.43. The summed E-state index contributed by atoms with van der Waals surface area (Å²) in [5, 5.41) is 0. The molecule has 1 aromatic carbocycles. The average Bonchev–Trinajstić information content (AvgIpc) is 2.65. The molecule has 0 fully saturated rings. The van der Waals surface area contributed by atoms with Crippen LogP contribution in [0.5, 0.6) is 0 Å². The van der Waals surface area contributed by atoms with Crippen LogP contribution in [0.1, 0.15) is 11.7 Å². The van der Waals surface area contributed by atoms with Crippen molar-refractivity contribution in [2.45, 2.75) is 6.17 Å². The van der Waals surface area contributed by atoms with Crippen molar-refractivity contribution in [1.82, 2.24) is 15.3 Å². The summed E-state index contributed by atoms with van der Waals surface area (Å²) in [6, 6.07) is 5.84. The third-order valence-corrected chi connectivity index (χ3v) is 2.35. The van der Waals surface area contributed by atoms with Gasteiger partial charge in [0.25, 0.3) is 0 Å². The highest BCUT2D eigenvalue weighted by molar-refractivity contribution is 5.72. The first-order valence-electron chi connectivity index (χ1n) is 4.68. The van der Waals surface area contributed by atoms with Crippen LogP contribution in [0.15, 0.2) is 29.0 Å². The van der Waals surface area contributed by atoms with Crippen molar-refractivity contribution >= 4 is 11.1 Å². The van der Waals surface area contributed by atoms with Gasteiger partial charge in [0.15, 0.2) is 12.0 Å². The third kappa shape index (κ3) is 1.85. The summed E-state index contributed by atoms with van der Waals surface area (Å²) in [6.45, 7) is 0. The lowest BCUT2D eigenvalue weighted by atomic mass is 10.1. The SMILES string of the molecule is CN(C)C(NN)c1ccc2ncoc2c1. The topological polar surface area (TPSA) is 67.3 Å². The number of fused-ring (bicyclic) bond motifs is 1. The van der Waals surface area contributed by atoms with Gasteiger partial charge < -0.3 is 4.42 Å². The van der Waals surface area contributed by atoms with Gasteiger partial charge in [-0.3, -0.25) is 10.7 Å². The van der Waals surface area contributed by atoms with Gasteiger partial charge in [-0.2, -0.15) is 0 Å². The number of hydrogen-bond donors (Lipinski definition) is 2. The number of hydrogen-bond acceptors (Lipinski definition) is 5. The van der Waals surface area contributed by atoms with E-state index in [0.29, 0.717) is 0 Å². The minimum Gasteiger partial charge on any atom is -0.443 e. The van der Waals surface area contributed by atoms with Crippen LogP contribution >= 0.6 is 0 Å². The summed E-state index contributed by atoms with van der Waals surface area (Å²) < 4.78 is 5.23. The molecule has 0 saturated heterocycles. The van der Waals surface area contributed by atoms with E-state index in [-0.39, 0.29) is 6.17 Å². The molecule has 0 aliphatic carbocycles. The minimum absolute atomic E-state index is 0.0282. The molecule has 0 amide bonds. The summed E-state index contributed by atoms with van der Waals surface area (Å²) >= 11 is 0. The number of aromatic nitrogens is 1. The van der Waals surface area contributed by atoms with E-state index in [9.17, 15) is 0 Å². The lowest BCUT2D eigenvalue weighted by Crippen LogP contribution is -2.37. The Balaban J connectivity index is 2.41. The molecule has 0 spiro atoms. The molecule has 80 valence electrons. The van der Waals surface area contributed by atoms with Gasteiger partial charge in [-0.05, 0) is 31.8 Å². The number of nitrogens with two attached hydrogens (primary N) is 1. The highest BCUT2D eigenvalue weighted by atomic mass is 16.3. The van der Waals surface area contributed by atoms with Crippen molar-refractivity contribution in [2.75, 3.05) is 14.1 Å². The maximum absolute atomic E-state index is 5.49. The van der Waals surface area contributed by atoms with Gasteiger partial charge in [0.2, 0.25) is 0 Å². The molecule has 1 heterocycles. The third-order valence-electron chi connectivity index (χ3n) is 2.35. The first-order valence-corrected chi connectivity index (χ1v) is 4.68. The molecule has 1 aromatic heterocycles. The molecular weight excluding hydrogens is 192 g/mol. The van der Waals surface area contributed by atoms with E-state index < -0.39 is 0 Å². The molecule has 5 nitrogen and oxygen atoms in total. The van der Waals surface area contributed by atoms with Gasteiger partial charge in [0.1, 0.15) is 5.52 Å². The van der Waals surface area contributed by atoms with E-state index >= 15 is 0 Å². The maximum atomic E-state index is 5.49. The lowest BCUT2D eigenvalue weighted by Gasteiger charge is -2.23. The van der Waals surface area contributed by atoms with Crippen molar-refractivity contribution < 1.29 is 4.42 Å². The molecule has 0 aliphatic rings. The Morgan fingerprint density at radius 1 is 1.47 bits per heavy atom. The number of oxazole rings is 1.